The number of ketones is 1. The van der Waals surface area contributed by atoms with E-state index in [1.54, 1.807) is 6.08 Å². The van der Waals surface area contributed by atoms with Gasteiger partial charge in [-0.1, -0.05) is 30.3 Å². The third-order valence-electron chi connectivity index (χ3n) is 2.77. The molecule has 2 rings (SSSR count). The lowest BCUT2D eigenvalue weighted by Crippen LogP contribution is -2.02. The number of aryl methyl sites for hydroxylation is 1. The van der Waals surface area contributed by atoms with Crippen LogP contribution in [0.25, 0.3) is 5.57 Å². The molecule has 17 heavy (non-hydrogen) atoms. The van der Waals surface area contributed by atoms with Gasteiger partial charge in [-0.2, -0.15) is 0 Å². The average Bonchev–Trinajstić information content (AvgIpc) is 2.76. The van der Waals surface area contributed by atoms with Gasteiger partial charge in [0.2, 0.25) is 5.78 Å². The standard InChI is InChI=1S/C15H15NO/c1-12(13-7-4-3-5-8-13)11-15(17)14-9-6-10-16(14)2/h3-11H,1-2H3/b12-11+. The fourth-order valence-electron chi connectivity index (χ4n) is 1.77. The van der Waals surface area contributed by atoms with Crippen LogP contribution in [0.5, 0.6) is 0 Å². The van der Waals surface area contributed by atoms with Crippen LogP contribution in [0.3, 0.4) is 0 Å². The first-order valence-electron chi connectivity index (χ1n) is 5.58. The second-order valence-electron chi connectivity index (χ2n) is 4.06. The van der Waals surface area contributed by atoms with Crippen LogP contribution in [-0.4, -0.2) is 10.4 Å². The summed E-state index contributed by atoms with van der Waals surface area (Å²) in [4.78, 5) is 12.0. The van der Waals surface area contributed by atoms with Gasteiger partial charge in [-0.15, -0.1) is 0 Å². The van der Waals surface area contributed by atoms with E-state index in [2.05, 4.69) is 0 Å². The van der Waals surface area contributed by atoms with Crippen LogP contribution in [0.15, 0.2) is 54.7 Å². The van der Waals surface area contributed by atoms with E-state index in [1.165, 1.54) is 0 Å². The van der Waals surface area contributed by atoms with Gasteiger partial charge in [0, 0.05) is 13.2 Å². The molecule has 2 aromatic rings. The van der Waals surface area contributed by atoms with Gasteiger partial charge in [-0.3, -0.25) is 4.79 Å². The Morgan fingerprint density at radius 1 is 1.12 bits per heavy atom. The Bertz CT molecular complexity index is 549. The molecule has 2 heteroatoms. The molecular weight excluding hydrogens is 210 g/mol. The number of carbonyl (C=O) groups is 1. The maximum Gasteiger partial charge on any atom is 0.202 e. The maximum absolute atomic E-state index is 12.0. The van der Waals surface area contributed by atoms with E-state index >= 15 is 0 Å². The summed E-state index contributed by atoms with van der Waals surface area (Å²) >= 11 is 0. The SMILES string of the molecule is C/C(=C\C(=O)c1cccn1C)c1ccccc1. The highest BCUT2D eigenvalue weighted by molar-refractivity contribution is 6.07. The van der Waals surface area contributed by atoms with Gasteiger partial charge in [0.25, 0.3) is 0 Å². The molecule has 0 aliphatic carbocycles. The fraction of sp³-hybridized carbons (Fsp3) is 0.133. The van der Waals surface area contributed by atoms with Crippen LogP contribution in [-0.2, 0) is 7.05 Å². The smallest absolute Gasteiger partial charge is 0.202 e. The van der Waals surface area contributed by atoms with Crippen molar-refractivity contribution in [2.45, 2.75) is 6.92 Å². The zero-order chi connectivity index (χ0) is 12.3. The largest absolute Gasteiger partial charge is 0.348 e. The first-order chi connectivity index (χ1) is 8.18. The van der Waals surface area contributed by atoms with Gasteiger partial charge < -0.3 is 4.57 Å². The summed E-state index contributed by atoms with van der Waals surface area (Å²) in [6, 6.07) is 13.6. The number of aromatic nitrogens is 1. The second-order valence-corrected chi connectivity index (χ2v) is 4.06. The highest BCUT2D eigenvalue weighted by Gasteiger charge is 2.06. The molecule has 1 aromatic heterocycles. The number of nitrogens with zero attached hydrogens (tertiary/aromatic N) is 1. The molecule has 0 radical (unpaired) electrons. The minimum absolute atomic E-state index is 0.0406. The first-order valence-corrected chi connectivity index (χ1v) is 5.58. The molecular formula is C15H15NO. The third kappa shape index (κ3) is 2.53. The van der Waals surface area contributed by atoms with Gasteiger partial charge in [0.05, 0.1) is 5.69 Å². The predicted molar refractivity (Wildman–Crippen MR) is 69.8 cm³/mol. The van der Waals surface area contributed by atoms with Crippen LogP contribution < -0.4 is 0 Å². The molecule has 0 aliphatic heterocycles. The van der Waals surface area contributed by atoms with Gasteiger partial charge in [-0.05, 0) is 36.3 Å². The van der Waals surface area contributed by atoms with Gasteiger partial charge in [0.1, 0.15) is 0 Å². The van der Waals surface area contributed by atoms with E-state index in [9.17, 15) is 4.79 Å². The minimum Gasteiger partial charge on any atom is -0.348 e. The molecule has 0 fully saturated rings. The van der Waals surface area contributed by atoms with Crippen molar-refractivity contribution in [1.82, 2.24) is 4.57 Å². The van der Waals surface area contributed by atoms with Gasteiger partial charge in [0.15, 0.2) is 0 Å². The lowest BCUT2D eigenvalue weighted by molar-refractivity contribution is 0.104. The predicted octanol–water partition coefficient (Wildman–Crippen LogP) is 3.31. The zero-order valence-electron chi connectivity index (χ0n) is 10.1. The van der Waals surface area contributed by atoms with Crippen molar-refractivity contribution in [1.29, 1.82) is 0 Å². The van der Waals surface area contributed by atoms with Crippen molar-refractivity contribution in [2.75, 3.05) is 0 Å². The molecule has 0 N–H and O–H groups in total. The van der Waals surface area contributed by atoms with E-state index in [4.69, 9.17) is 0 Å². The lowest BCUT2D eigenvalue weighted by atomic mass is 10.1. The van der Waals surface area contributed by atoms with Crippen LogP contribution in [0, 0.1) is 0 Å². The molecule has 0 saturated carbocycles. The fourth-order valence-corrected chi connectivity index (χ4v) is 1.77. The van der Waals surface area contributed by atoms with Crippen LogP contribution in [0.2, 0.25) is 0 Å². The summed E-state index contributed by atoms with van der Waals surface area (Å²) in [5.74, 6) is 0.0406. The number of rotatable bonds is 3. The third-order valence-corrected chi connectivity index (χ3v) is 2.77. The summed E-state index contributed by atoms with van der Waals surface area (Å²) in [5, 5.41) is 0. The lowest BCUT2D eigenvalue weighted by Gasteiger charge is -2.02. The van der Waals surface area contributed by atoms with Crippen LogP contribution in [0.4, 0.5) is 0 Å². The van der Waals surface area contributed by atoms with Crippen molar-refractivity contribution >= 4 is 11.4 Å². The molecule has 0 atom stereocenters. The monoisotopic (exact) mass is 225 g/mol. The van der Waals surface area contributed by atoms with E-state index in [0.29, 0.717) is 5.69 Å². The van der Waals surface area contributed by atoms with Crippen LogP contribution >= 0.6 is 0 Å². The molecule has 0 aliphatic rings. The van der Waals surface area contributed by atoms with Crippen molar-refractivity contribution in [2.24, 2.45) is 7.05 Å². The number of allylic oxidation sites excluding steroid dienone is 2. The number of hydrogen-bond acceptors (Lipinski definition) is 1. The summed E-state index contributed by atoms with van der Waals surface area (Å²) in [5.41, 5.74) is 2.77. The summed E-state index contributed by atoms with van der Waals surface area (Å²) in [7, 11) is 1.87. The second kappa shape index (κ2) is 4.83. The molecule has 2 nitrogen and oxygen atoms in total. The number of hydrogen-bond donors (Lipinski definition) is 0. The topological polar surface area (TPSA) is 22.0 Å². The van der Waals surface area contributed by atoms with Crippen molar-refractivity contribution in [3.05, 3.63) is 66.0 Å². The molecule has 86 valence electrons. The van der Waals surface area contributed by atoms with Crippen LogP contribution in [0.1, 0.15) is 23.0 Å². The molecule has 0 bridgehead atoms. The number of carbonyl (C=O) groups excluding carboxylic acids is 1. The van der Waals surface area contributed by atoms with Crippen molar-refractivity contribution < 1.29 is 4.79 Å². The molecule has 0 unspecified atom stereocenters. The average molecular weight is 225 g/mol. The van der Waals surface area contributed by atoms with Crippen molar-refractivity contribution in [3.63, 3.8) is 0 Å². The molecule has 0 amide bonds. The quantitative estimate of drug-likeness (QED) is 0.580. The first kappa shape index (κ1) is 11.4. The molecule has 0 spiro atoms. The molecule has 1 heterocycles. The van der Waals surface area contributed by atoms with E-state index in [1.807, 2.05) is 67.2 Å². The van der Waals surface area contributed by atoms with Gasteiger partial charge in [-0.25, -0.2) is 0 Å². The van der Waals surface area contributed by atoms with E-state index in [0.717, 1.165) is 11.1 Å². The molecule has 1 aromatic carbocycles. The normalized spacial score (nSPS) is 11.5. The zero-order valence-corrected chi connectivity index (χ0v) is 10.1. The Labute approximate surface area is 101 Å². The summed E-state index contributed by atoms with van der Waals surface area (Å²) in [6.07, 6.45) is 3.56. The number of benzene rings is 1. The molecule has 0 saturated heterocycles. The minimum atomic E-state index is 0.0406. The Hall–Kier alpha value is -2.09. The Kier molecular flexibility index (Phi) is 3.24. The summed E-state index contributed by atoms with van der Waals surface area (Å²) < 4.78 is 1.83. The van der Waals surface area contributed by atoms with E-state index in [-0.39, 0.29) is 5.78 Å². The Balaban J connectivity index is 2.26. The van der Waals surface area contributed by atoms with Gasteiger partial charge >= 0.3 is 0 Å². The maximum atomic E-state index is 12.0. The highest BCUT2D eigenvalue weighted by Crippen LogP contribution is 2.14. The Morgan fingerprint density at radius 2 is 1.82 bits per heavy atom. The highest BCUT2D eigenvalue weighted by atomic mass is 16.1. The Morgan fingerprint density at radius 3 is 2.41 bits per heavy atom. The summed E-state index contributed by atoms with van der Waals surface area (Å²) in [6.45, 7) is 1.95. The van der Waals surface area contributed by atoms with Crippen molar-refractivity contribution in [3.8, 4) is 0 Å². The van der Waals surface area contributed by atoms with E-state index < -0.39 is 0 Å².